The zero-order chi connectivity index (χ0) is 22.0. The lowest BCUT2D eigenvalue weighted by atomic mass is 10.1. The summed E-state index contributed by atoms with van der Waals surface area (Å²) in [7, 11) is 3.60. The van der Waals surface area contributed by atoms with Crippen molar-refractivity contribution >= 4 is 40.6 Å². The smallest absolute Gasteiger partial charge is 0.246 e. The van der Waals surface area contributed by atoms with Crippen LogP contribution in [-0.2, 0) is 11.3 Å². The molecule has 1 aromatic carbocycles. The molecule has 1 saturated heterocycles. The molecule has 1 aromatic heterocycles. The zero-order valence-corrected chi connectivity index (χ0v) is 18.7. The van der Waals surface area contributed by atoms with Crippen molar-refractivity contribution in [3.8, 4) is 0 Å². The van der Waals surface area contributed by atoms with E-state index in [9.17, 15) is 4.79 Å². The Hall–Kier alpha value is -3.00. The number of nitrogens with zero attached hydrogens (tertiary/aromatic N) is 5. The first-order valence-electron chi connectivity index (χ1n) is 10.5. The van der Waals surface area contributed by atoms with Crippen LogP contribution < -0.4 is 20.4 Å². The molecule has 0 aliphatic carbocycles. The molecule has 164 valence electrons. The number of anilines is 4. The molecule has 2 aliphatic rings. The van der Waals surface area contributed by atoms with Crippen LogP contribution in [0, 0.1) is 0 Å². The van der Waals surface area contributed by atoms with Crippen LogP contribution in [0.2, 0.25) is 5.02 Å². The molecule has 2 aromatic rings. The summed E-state index contributed by atoms with van der Waals surface area (Å²) in [6.45, 7) is 6.78. The van der Waals surface area contributed by atoms with Gasteiger partial charge in [0.1, 0.15) is 5.02 Å². The first kappa shape index (κ1) is 21.2. The second-order valence-corrected chi connectivity index (χ2v) is 8.30. The number of rotatable bonds is 5. The number of aromatic nitrogens is 2. The van der Waals surface area contributed by atoms with Crippen LogP contribution in [0.5, 0.6) is 0 Å². The number of halogens is 1. The lowest BCUT2D eigenvalue weighted by molar-refractivity contribution is -0.119. The van der Waals surface area contributed by atoms with Gasteiger partial charge in [0, 0.05) is 45.1 Å². The first-order chi connectivity index (χ1) is 15.0. The monoisotopic (exact) mass is 441 g/mol. The van der Waals surface area contributed by atoms with Crippen LogP contribution in [0.3, 0.4) is 0 Å². The maximum absolute atomic E-state index is 12.6. The molecule has 9 heteroatoms. The fourth-order valence-electron chi connectivity index (χ4n) is 3.96. The third-order valence-corrected chi connectivity index (χ3v) is 6.08. The number of fused-ring (bicyclic) bond motifs is 1. The van der Waals surface area contributed by atoms with Gasteiger partial charge >= 0.3 is 0 Å². The third-order valence-electron chi connectivity index (χ3n) is 5.81. The van der Waals surface area contributed by atoms with Crippen molar-refractivity contribution in [2.75, 3.05) is 48.8 Å². The molecular weight excluding hydrogens is 414 g/mol. The van der Waals surface area contributed by atoms with E-state index in [1.54, 1.807) is 25.2 Å². The van der Waals surface area contributed by atoms with Gasteiger partial charge in [0.05, 0.1) is 18.6 Å². The minimum absolute atomic E-state index is 0.0147. The normalized spacial score (nSPS) is 16.6. The van der Waals surface area contributed by atoms with Gasteiger partial charge in [0.2, 0.25) is 11.9 Å². The van der Waals surface area contributed by atoms with Crippen LogP contribution >= 0.6 is 11.6 Å². The Morgan fingerprint density at radius 2 is 1.97 bits per heavy atom. The molecule has 0 unspecified atom stereocenters. The lowest BCUT2D eigenvalue weighted by Gasteiger charge is -2.27. The van der Waals surface area contributed by atoms with Gasteiger partial charge in [-0.05, 0) is 43.0 Å². The van der Waals surface area contributed by atoms with E-state index in [1.165, 1.54) is 6.42 Å². The minimum atomic E-state index is 0.0147. The summed E-state index contributed by atoms with van der Waals surface area (Å²) in [6, 6.07) is 5.91. The summed E-state index contributed by atoms with van der Waals surface area (Å²) in [4.78, 5) is 27.5. The quantitative estimate of drug-likeness (QED) is 0.736. The zero-order valence-electron chi connectivity index (χ0n) is 18.0. The number of likely N-dealkylation sites (N-methyl/N-ethyl adjacent to an activating group) is 1. The maximum atomic E-state index is 12.6. The van der Waals surface area contributed by atoms with E-state index in [4.69, 9.17) is 11.6 Å². The van der Waals surface area contributed by atoms with E-state index < -0.39 is 0 Å². The lowest BCUT2D eigenvalue weighted by Crippen LogP contribution is -2.36. The number of piperidine rings is 1. The average Bonchev–Trinajstić information content (AvgIpc) is 2.91. The molecule has 1 fully saturated rings. The predicted octanol–water partition coefficient (Wildman–Crippen LogP) is 3.33. The molecule has 31 heavy (non-hydrogen) atoms. The van der Waals surface area contributed by atoms with Crippen molar-refractivity contribution in [3.63, 3.8) is 0 Å². The second kappa shape index (κ2) is 9.01. The van der Waals surface area contributed by atoms with E-state index in [2.05, 4.69) is 32.1 Å². The van der Waals surface area contributed by atoms with Crippen LogP contribution in [0.1, 0.15) is 24.8 Å². The summed E-state index contributed by atoms with van der Waals surface area (Å²) in [5, 5.41) is 6.84. The fourth-order valence-corrected chi connectivity index (χ4v) is 4.10. The predicted molar refractivity (Wildman–Crippen MR) is 125 cm³/mol. The van der Waals surface area contributed by atoms with Crippen molar-refractivity contribution in [2.24, 2.45) is 0 Å². The van der Waals surface area contributed by atoms with Crippen molar-refractivity contribution in [1.29, 1.82) is 0 Å². The highest BCUT2D eigenvalue weighted by Crippen LogP contribution is 2.31. The fraction of sp³-hybridized carbons (Fsp3) is 0.409. The summed E-state index contributed by atoms with van der Waals surface area (Å²) in [5.41, 5.74) is 2.74. The van der Waals surface area contributed by atoms with Gasteiger partial charge in [0.15, 0.2) is 5.82 Å². The van der Waals surface area contributed by atoms with Gasteiger partial charge < -0.3 is 25.3 Å². The standard InChI is InChI=1S/C22H28ClN7O/c1-15(24-2)30-13-16-11-17(7-8-19(16)28(3)20(31)14-30)26-21-18(23)12-25-22(27-21)29-9-5-4-6-10-29/h7-8,11-12,24H,1,4-6,9-10,13-14H2,2-3H3,(H,25,26,27). The number of hydrogen-bond donors (Lipinski definition) is 2. The van der Waals surface area contributed by atoms with E-state index >= 15 is 0 Å². The van der Waals surface area contributed by atoms with E-state index in [0.717, 1.165) is 42.9 Å². The third kappa shape index (κ3) is 4.54. The Labute approximate surface area is 187 Å². The van der Waals surface area contributed by atoms with Gasteiger partial charge in [-0.2, -0.15) is 4.98 Å². The van der Waals surface area contributed by atoms with Crippen LogP contribution in [0.25, 0.3) is 0 Å². The van der Waals surface area contributed by atoms with Crippen molar-refractivity contribution in [3.05, 3.63) is 47.4 Å². The van der Waals surface area contributed by atoms with Crippen LogP contribution in [-0.4, -0.2) is 54.5 Å². The second-order valence-electron chi connectivity index (χ2n) is 7.89. The summed E-state index contributed by atoms with van der Waals surface area (Å²) in [6.07, 6.45) is 5.20. The Morgan fingerprint density at radius 3 is 2.71 bits per heavy atom. The summed E-state index contributed by atoms with van der Waals surface area (Å²) in [5.74, 6) is 1.99. The number of carbonyl (C=O) groups excluding carboxylic acids is 1. The Balaban J connectivity index is 1.61. The molecule has 2 N–H and O–H groups in total. The highest BCUT2D eigenvalue weighted by atomic mass is 35.5. The topological polar surface area (TPSA) is 76.6 Å². The highest BCUT2D eigenvalue weighted by Gasteiger charge is 2.25. The Kier molecular flexibility index (Phi) is 6.18. The van der Waals surface area contributed by atoms with Crippen molar-refractivity contribution < 1.29 is 4.79 Å². The van der Waals surface area contributed by atoms with Gasteiger partial charge in [0.25, 0.3) is 0 Å². The number of amides is 1. The molecular formula is C22H28ClN7O. The first-order valence-corrected chi connectivity index (χ1v) is 10.9. The number of nitrogens with one attached hydrogen (secondary N) is 2. The Bertz CT molecular complexity index is 990. The molecule has 0 radical (unpaired) electrons. The minimum Gasteiger partial charge on any atom is -0.375 e. The summed E-state index contributed by atoms with van der Waals surface area (Å²) < 4.78 is 0. The average molecular weight is 442 g/mol. The number of hydrogen-bond acceptors (Lipinski definition) is 7. The SMILES string of the molecule is C=C(NC)N1CC(=O)N(C)c2ccc(Nc3nc(N4CCCCC4)ncc3Cl)cc2C1. The Morgan fingerprint density at radius 1 is 1.19 bits per heavy atom. The van der Waals surface area contributed by atoms with Gasteiger partial charge in [-0.1, -0.05) is 18.2 Å². The number of carbonyl (C=O) groups is 1. The molecule has 0 saturated carbocycles. The molecule has 3 heterocycles. The molecule has 0 spiro atoms. The van der Waals surface area contributed by atoms with Crippen molar-refractivity contribution in [1.82, 2.24) is 20.2 Å². The highest BCUT2D eigenvalue weighted by molar-refractivity contribution is 6.32. The molecule has 8 nitrogen and oxygen atoms in total. The van der Waals surface area contributed by atoms with E-state index in [-0.39, 0.29) is 12.5 Å². The van der Waals surface area contributed by atoms with Gasteiger partial charge in [-0.25, -0.2) is 4.98 Å². The molecule has 0 bridgehead atoms. The molecule has 4 rings (SSSR count). The van der Waals surface area contributed by atoms with Crippen LogP contribution in [0.4, 0.5) is 23.1 Å². The van der Waals surface area contributed by atoms with Gasteiger partial charge in [-0.15, -0.1) is 0 Å². The molecule has 2 aliphatic heterocycles. The summed E-state index contributed by atoms with van der Waals surface area (Å²) >= 11 is 6.39. The van der Waals surface area contributed by atoms with E-state index in [0.29, 0.717) is 29.2 Å². The van der Waals surface area contributed by atoms with E-state index in [1.807, 2.05) is 23.1 Å². The molecule has 1 amide bonds. The maximum Gasteiger partial charge on any atom is 0.246 e. The largest absolute Gasteiger partial charge is 0.375 e. The van der Waals surface area contributed by atoms with Crippen LogP contribution in [0.15, 0.2) is 36.8 Å². The van der Waals surface area contributed by atoms with Crippen molar-refractivity contribution in [2.45, 2.75) is 25.8 Å². The van der Waals surface area contributed by atoms with Gasteiger partial charge in [-0.3, -0.25) is 4.79 Å². The number of benzene rings is 1. The molecule has 0 atom stereocenters.